The van der Waals surface area contributed by atoms with E-state index < -0.39 is 0 Å². The molecular formula is C18H30N2. The highest BCUT2D eigenvalue weighted by Crippen LogP contribution is 2.41. The van der Waals surface area contributed by atoms with Gasteiger partial charge in [0.1, 0.15) is 0 Å². The monoisotopic (exact) mass is 274 g/mol. The maximum Gasteiger partial charge on any atom is 0.0217 e. The van der Waals surface area contributed by atoms with E-state index in [0.29, 0.717) is 6.04 Å². The van der Waals surface area contributed by atoms with Gasteiger partial charge in [0.05, 0.1) is 0 Å². The van der Waals surface area contributed by atoms with Crippen LogP contribution in [0.3, 0.4) is 0 Å². The molecule has 0 aliphatic heterocycles. The fourth-order valence-corrected chi connectivity index (χ4v) is 2.88. The smallest absolute Gasteiger partial charge is 0.0217 e. The molecule has 2 heteroatoms. The molecule has 1 unspecified atom stereocenters. The van der Waals surface area contributed by atoms with Crippen molar-refractivity contribution >= 4 is 0 Å². The Morgan fingerprint density at radius 1 is 1.20 bits per heavy atom. The lowest BCUT2D eigenvalue weighted by Gasteiger charge is -2.26. The number of hydrogen-bond donors (Lipinski definition) is 1. The summed E-state index contributed by atoms with van der Waals surface area (Å²) >= 11 is 0. The van der Waals surface area contributed by atoms with Gasteiger partial charge < -0.3 is 10.2 Å². The number of rotatable bonds is 8. The molecule has 20 heavy (non-hydrogen) atoms. The van der Waals surface area contributed by atoms with Crippen LogP contribution in [0, 0.1) is 5.92 Å². The Morgan fingerprint density at radius 3 is 2.50 bits per heavy atom. The Hall–Kier alpha value is -0.860. The summed E-state index contributed by atoms with van der Waals surface area (Å²) in [5, 5.41) is 3.67. The number of nitrogens with one attached hydrogen (secondary N) is 1. The molecule has 1 aliphatic carbocycles. The maximum absolute atomic E-state index is 3.67. The molecule has 0 radical (unpaired) electrons. The Labute approximate surface area is 124 Å². The van der Waals surface area contributed by atoms with Crippen LogP contribution in [0.15, 0.2) is 24.3 Å². The van der Waals surface area contributed by atoms with E-state index in [2.05, 4.69) is 62.4 Å². The quantitative estimate of drug-likeness (QED) is 0.779. The minimum absolute atomic E-state index is 0.628. The number of benzene rings is 1. The highest BCUT2D eigenvalue weighted by molar-refractivity contribution is 5.33. The van der Waals surface area contributed by atoms with Crippen LogP contribution in [0.4, 0.5) is 0 Å². The summed E-state index contributed by atoms with van der Waals surface area (Å²) in [6.07, 6.45) is 4.01. The standard InChI is InChI=1S/C18H30N2/c1-14(2)11-17(20(3)4)13-19-12-16-7-5-6-8-18(16)15-9-10-15/h5-8,14-15,17,19H,9-13H2,1-4H3. The van der Waals surface area contributed by atoms with Gasteiger partial charge in [0.2, 0.25) is 0 Å². The molecule has 1 aromatic rings. The Bertz CT molecular complexity index is 408. The van der Waals surface area contributed by atoms with Crippen LogP contribution < -0.4 is 5.32 Å². The molecule has 1 atom stereocenters. The molecule has 0 spiro atoms. The van der Waals surface area contributed by atoms with Crippen LogP contribution in [-0.4, -0.2) is 31.6 Å². The topological polar surface area (TPSA) is 15.3 Å². The van der Waals surface area contributed by atoms with Crippen molar-refractivity contribution in [1.82, 2.24) is 10.2 Å². The molecule has 2 rings (SSSR count). The maximum atomic E-state index is 3.67. The van der Waals surface area contributed by atoms with Crippen LogP contribution in [0.5, 0.6) is 0 Å². The minimum Gasteiger partial charge on any atom is -0.311 e. The predicted molar refractivity (Wildman–Crippen MR) is 87.1 cm³/mol. The second kappa shape index (κ2) is 7.24. The van der Waals surface area contributed by atoms with Gasteiger partial charge in [0.15, 0.2) is 0 Å². The first-order valence-corrected chi connectivity index (χ1v) is 8.03. The van der Waals surface area contributed by atoms with Gasteiger partial charge in [-0.1, -0.05) is 38.1 Å². The highest BCUT2D eigenvalue weighted by Gasteiger charge is 2.25. The van der Waals surface area contributed by atoms with E-state index in [4.69, 9.17) is 0 Å². The van der Waals surface area contributed by atoms with E-state index in [0.717, 1.165) is 24.9 Å². The molecule has 1 saturated carbocycles. The molecule has 1 aromatic carbocycles. The molecule has 0 aromatic heterocycles. The van der Waals surface area contributed by atoms with Crippen molar-refractivity contribution in [3.8, 4) is 0 Å². The van der Waals surface area contributed by atoms with Crippen molar-refractivity contribution in [3.63, 3.8) is 0 Å². The summed E-state index contributed by atoms with van der Waals surface area (Å²) < 4.78 is 0. The summed E-state index contributed by atoms with van der Waals surface area (Å²) in [7, 11) is 4.37. The van der Waals surface area contributed by atoms with Gasteiger partial charge in [-0.3, -0.25) is 0 Å². The summed E-state index contributed by atoms with van der Waals surface area (Å²) in [6.45, 7) is 6.69. The van der Waals surface area contributed by atoms with Crippen molar-refractivity contribution in [1.29, 1.82) is 0 Å². The number of hydrogen-bond acceptors (Lipinski definition) is 2. The van der Waals surface area contributed by atoms with E-state index in [-0.39, 0.29) is 0 Å². The summed E-state index contributed by atoms with van der Waals surface area (Å²) in [4.78, 5) is 2.35. The van der Waals surface area contributed by atoms with Gasteiger partial charge in [-0.05, 0) is 56.3 Å². The van der Waals surface area contributed by atoms with Gasteiger partial charge in [-0.15, -0.1) is 0 Å². The molecule has 1 fully saturated rings. The second-order valence-corrected chi connectivity index (χ2v) is 6.85. The molecular weight excluding hydrogens is 244 g/mol. The second-order valence-electron chi connectivity index (χ2n) is 6.85. The van der Waals surface area contributed by atoms with Crippen LogP contribution in [0.2, 0.25) is 0 Å². The van der Waals surface area contributed by atoms with Crippen molar-refractivity contribution in [3.05, 3.63) is 35.4 Å². The van der Waals surface area contributed by atoms with Gasteiger partial charge in [0, 0.05) is 19.1 Å². The van der Waals surface area contributed by atoms with Crippen LogP contribution in [0.1, 0.15) is 50.2 Å². The first kappa shape index (κ1) is 15.5. The zero-order valence-corrected chi connectivity index (χ0v) is 13.5. The minimum atomic E-state index is 0.628. The predicted octanol–water partition coefficient (Wildman–Crippen LogP) is 3.63. The molecule has 0 saturated heterocycles. The first-order valence-electron chi connectivity index (χ1n) is 8.03. The normalized spacial score (nSPS) is 16.9. The van der Waals surface area contributed by atoms with Crippen molar-refractivity contribution in [2.24, 2.45) is 5.92 Å². The molecule has 112 valence electrons. The Morgan fingerprint density at radius 2 is 1.90 bits per heavy atom. The third-order valence-corrected chi connectivity index (χ3v) is 4.24. The van der Waals surface area contributed by atoms with E-state index in [9.17, 15) is 0 Å². The van der Waals surface area contributed by atoms with E-state index in [1.54, 1.807) is 5.56 Å². The third kappa shape index (κ3) is 4.60. The van der Waals surface area contributed by atoms with Crippen LogP contribution in [-0.2, 0) is 6.54 Å². The molecule has 1 aliphatic rings. The lowest BCUT2D eigenvalue weighted by molar-refractivity contribution is 0.246. The van der Waals surface area contributed by atoms with Gasteiger partial charge in [0.25, 0.3) is 0 Å². The first-order chi connectivity index (χ1) is 9.58. The van der Waals surface area contributed by atoms with E-state index >= 15 is 0 Å². The fraction of sp³-hybridized carbons (Fsp3) is 0.667. The molecule has 2 nitrogen and oxygen atoms in total. The zero-order chi connectivity index (χ0) is 14.5. The molecule has 0 bridgehead atoms. The summed E-state index contributed by atoms with van der Waals surface area (Å²) in [5.74, 6) is 1.59. The lowest BCUT2D eigenvalue weighted by Crippen LogP contribution is -2.38. The molecule has 0 amide bonds. The summed E-state index contributed by atoms with van der Waals surface area (Å²) in [6, 6.07) is 9.57. The average molecular weight is 274 g/mol. The lowest BCUT2D eigenvalue weighted by atomic mass is 10.0. The third-order valence-electron chi connectivity index (χ3n) is 4.24. The largest absolute Gasteiger partial charge is 0.311 e. The molecule has 0 heterocycles. The zero-order valence-electron chi connectivity index (χ0n) is 13.5. The van der Waals surface area contributed by atoms with Gasteiger partial charge >= 0.3 is 0 Å². The summed E-state index contributed by atoms with van der Waals surface area (Å²) in [5.41, 5.74) is 3.07. The van der Waals surface area contributed by atoms with Crippen LogP contribution in [0.25, 0.3) is 0 Å². The Balaban J connectivity index is 1.85. The number of nitrogens with zero attached hydrogens (tertiary/aromatic N) is 1. The van der Waals surface area contributed by atoms with Crippen LogP contribution >= 0.6 is 0 Å². The van der Waals surface area contributed by atoms with Gasteiger partial charge in [-0.25, -0.2) is 0 Å². The molecule has 1 N–H and O–H groups in total. The van der Waals surface area contributed by atoms with Crippen molar-refractivity contribution in [2.75, 3.05) is 20.6 Å². The number of likely N-dealkylation sites (N-methyl/N-ethyl adjacent to an activating group) is 1. The fourth-order valence-electron chi connectivity index (χ4n) is 2.88. The van der Waals surface area contributed by atoms with Crippen molar-refractivity contribution in [2.45, 2.75) is 51.6 Å². The SMILES string of the molecule is CC(C)CC(CNCc1ccccc1C1CC1)N(C)C. The average Bonchev–Trinajstić information content (AvgIpc) is 3.22. The van der Waals surface area contributed by atoms with Gasteiger partial charge in [-0.2, -0.15) is 0 Å². The highest BCUT2D eigenvalue weighted by atomic mass is 15.1. The Kier molecular flexibility index (Phi) is 5.62. The van der Waals surface area contributed by atoms with Crippen molar-refractivity contribution < 1.29 is 0 Å². The van der Waals surface area contributed by atoms with E-state index in [1.807, 2.05) is 0 Å². The van der Waals surface area contributed by atoms with E-state index in [1.165, 1.54) is 24.8 Å².